The van der Waals surface area contributed by atoms with Gasteiger partial charge in [-0.15, -0.1) is 0 Å². The molecular weight excluding hydrogens is 373 g/mol. The highest BCUT2D eigenvalue weighted by Crippen LogP contribution is 2.37. The first-order chi connectivity index (χ1) is 12.0. The number of hydrogen-bond donors (Lipinski definition) is 1. The molecule has 0 amide bonds. The number of carbonyl (C=O) groups is 1. The molecule has 0 radical (unpaired) electrons. The van der Waals surface area contributed by atoms with Crippen molar-refractivity contribution in [3.05, 3.63) is 58.9 Å². The van der Waals surface area contributed by atoms with Crippen molar-refractivity contribution in [2.45, 2.75) is 18.8 Å². The first-order valence-corrected chi connectivity index (χ1v) is 6.85. The summed E-state index contributed by atoms with van der Waals surface area (Å²) in [4.78, 5) is 11.1. The Morgan fingerprint density at radius 1 is 1.00 bits per heavy atom. The predicted octanol–water partition coefficient (Wildman–Crippen LogP) is 5.61. The van der Waals surface area contributed by atoms with Gasteiger partial charge in [-0.25, -0.2) is 22.4 Å². The number of halogens is 7. The van der Waals surface area contributed by atoms with Crippen molar-refractivity contribution in [2.24, 2.45) is 0 Å². The fourth-order valence-corrected chi connectivity index (χ4v) is 2.05. The summed E-state index contributed by atoms with van der Waals surface area (Å²) in [7, 11) is 0. The Kier molecular flexibility index (Phi) is 5.43. The Bertz CT molecular complexity index is 801. The first-order valence-electron chi connectivity index (χ1n) is 6.85. The number of alkyl halides is 6. The van der Waals surface area contributed by atoms with E-state index in [0.29, 0.717) is 12.1 Å². The fourth-order valence-electron chi connectivity index (χ4n) is 2.05. The predicted molar refractivity (Wildman–Crippen MR) is 74.7 cm³/mol. The molecule has 0 bridgehead atoms. The molecule has 0 aliphatic heterocycles. The summed E-state index contributed by atoms with van der Waals surface area (Å²) < 4.78 is 94.7. The van der Waals surface area contributed by atoms with Crippen molar-refractivity contribution in [1.29, 1.82) is 0 Å². The van der Waals surface area contributed by atoms with E-state index in [0.717, 1.165) is 24.3 Å². The Morgan fingerprint density at radius 2 is 1.58 bits per heavy atom. The summed E-state index contributed by atoms with van der Waals surface area (Å²) in [6.45, 7) is 0. The number of rotatable bonds is 5. The van der Waals surface area contributed by atoms with Crippen LogP contribution in [0.4, 0.5) is 30.7 Å². The number of hydrogen-bond acceptors (Lipinski definition) is 2. The van der Waals surface area contributed by atoms with E-state index in [-0.39, 0.29) is 11.3 Å². The maximum absolute atomic E-state index is 13.9. The number of carboxylic acid groups (broad SMARTS) is 1. The fraction of sp³-hybridized carbons (Fsp3) is 0.188. The third kappa shape index (κ3) is 4.06. The van der Waals surface area contributed by atoms with E-state index in [9.17, 15) is 35.5 Å². The summed E-state index contributed by atoms with van der Waals surface area (Å²) in [5, 5.41) is 8.97. The van der Waals surface area contributed by atoms with Crippen molar-refractivity contribution in [3.8, 4) is 11.5 Å². The lowest BCUT2D eigenvalue weighted by molar-refractivity contribution is -0.140. The molecule has 2 aromatic carbocycles. The smallest absolute Gasteiger partial charge is 0.419 e. The van der Waals surface area contributed by atoms with Gasteiger partial charge in [0.25, 0.3) is 6.43 Å². The highest BCUT2D eigenvalue weighted by molar-refractivity contribution is 5.91. The minimum atomic E-state index is -5.11. The van der Waals surface area contributed by atoms with E-state index in [1.807, 2.05) is 0 Å². The molecule has 2 rings (SSSR count). The lowest BCUT2D eigenvalue weighted by atomic mass is 10.1. The molecule has 0 saturated heterocycles. The van der Waals surface area contributed by atoms with Crippen molar-refractivity contribution in [3.63, 3.8) is 0 Å². The van der Waals surface area contributed by atoms with Crippen molar-refractivity contribution < 1.29 is 45.4 Å². The molecule has 0 fully saturated rings. The van der Waals surface area contributed by atoms with Crippen LogP contribution >= 0.6 is 0 Å². The molecular formula is C16H9F7O3. The van der Waals surface area contributed by atoms with Gasteiger partial charge in [0.05, 0.1) is 5.56 Å². The Balaban J connectivity index is 2.38. The Hall–Kier alpha value is -2.78. The molecule has 0 saturated carbocycles. The second-order valence-corrected chi connectivity index (χ2v) is 5.01. The minimum absolute atomic E-state index is 0.211. The summed E-state index contributed by atoms with van der Waals surface area (Å²) in [6, 6.07) is 4.75. The molecule has 3 nitrogen and oxygen atoms in total. The molecule has 26 heavy (non-hydrogen) atoms. The Morgan fingerprint density at radius 3 is 2.04 bits per heavy atom. The lowest BCUT2D eigenvalue weighted by Gasteiger charge is -2.14. The molecule has 0 aliphatic carbocycles. The molecule has 0 spiro atoms. The normalized spacial score (nSPS) is 12.9. The van der Waals surface area contributed by atoms with Crippen molar-refractivity contribution in [1.82, 2.24) is 0 Å². The quantitative estimate of drug-likeness (QED) is 0.684. The van der Waals surface area contributed by atoms with Gasteiger partial charge in [0.2, 0.25) is 0 Å². The van der Waals surface area contributed by atoms with Gasteiger partial charge in [-0.1, -0.05) is 12.1 Å². The molecule has 10 heteroatoms. The van der Waals surface area contributed by atoms with Crippen LogP contribution in [0.2, 0.25) is 0 Å². The maximum Gasteiger partial charge on any atom is 0.419 e. The van der Waals surface area contributed by atoms with Crippen LogP contribution in [0.25, 0.3) is 0 Å². The van der Waals surface area contributed by atoms with Gasteiger partial charge in [0, 0.05) is 0 Å². The van der Waals surface area contributed by atoms with E-state index in [1.165, 1.54) is 0 Å². The summed E-state index contributed by atoms with van der Waals surface area (Å²) in [5.74, 6) is -4.97. The van der Waals surface area contributed by atoms with Crippen LogP contribution in [-0.4, -0.2) is 17.5 Å². The van der Waals surface area contributed by atoms with Crippen LogP contribution in [0.3, 0.4) is 0 Å². The van der Waals surface area contributed by atoms with Gasteiger partial charge in [-0.05, 0) is 29.8 Å². The summed E-state index contributed by atoms with van der Waals surface area (Å²) in [5.41, 5.74) is -3.51. The van der Waals surface area contributed by atoms with E-state index >= 15 is 0 Å². The van der Waals surface area contributed by atoms with Crippen LogP contribution in [0.15, 0.2) is 36.4 Å². The zero-order valence-electron chi connectivity index (χ0n) is 12.5. The van der Waals surface area contributed by atoms with Gasteiger partial charge in [0.15, 0.2) is 12.0 Å². The average molecular weight is 382 g/mol. The van der Waals surface area contributed by atoms with Crippen LogP contribution < -0.4 is 4.74 Å². The number of ether oxygens (including phenoxy) is 1. The molecule has 1 unspecified atom stereocenters. The van der Waals surface area contributed by atoms with Crippen molar-refractivity contribution in [2.75, 3.05) is 0 Å². The maximum atomic E-state index is 13.9. The van der Waals surface area contributed by atoms with Crippen LogP contribution in [0, 0.1) is 5.82 Å². The molecule has 0 aliphatic rings. The molecule has 140 valence electrons. The highest BCUT2D eigenvalue weighted by Gasteiger charge is 2.37. The molecule has 1 N–H and O–H groups in total. The van der Waals surface area contributed by atoms with E-state index < -0.39 is 47.4 Å². The van der Waals surface area contributed by atoms with E-state index in [1.54, 1.807) is 0 Å². The number of carboxylic acids is 1. The van der Waals surface area contributed by atoms with Crippen LogP contribution in [0.1, 0.15) is 27.7 Å². The van der Waals surface area contributed by atoms with E-state index in [4.69, 9.17) is 9.84 Å². The van der Waals surface area contributed by atoms with Gasteiger partial charge < -0.3 is 9.84 Å². The SMILES string of the molecule is O=C(O)c1c(Oc2ccc(C(F)C(F)F)cc2)ccc(C(F)(F)F)c1F. The van der Waals surface area contributed by atoms with Crippen LogP contribution in [-0.2, 0) is 6.18 Å². The first kappa shape index (κ1) is 19.5. The molecule has 0 heterocycles. The Labute approximate surface area is 141 Å². The third-order valence-corrected chi connectivity index (χ3v) is 3.27. The average Bonchev–Trinajstić information content (AvgIpc) is 2.53. The van der Waals surface area contributed by atoms with E-state index in [2.05, 4.69) is 0 Å². The standard InChI is InChI=1S/C16H9F7O3/c17-12(14(19)20)7-1-3-8(4-2-7)26-10-6-5-9(16(21,22)23)13(18)11(10)15(24)25/h1-6,12,14H,(H,24,25). The lowest BCUT2D eigenvalue weighted by Crippen LogP contribution is -2.13. The van der Waals surface area contributed by atoms with Crippen molar-refractivity contribution >= 4 is 5.97 Å². The number of benzene rings is 2. The second kappa shape index (κ2) is 7.22. The molecule has 1 atom stereocenters. The topological polar surface area (TPSA) is 46.5 Å². The largest absolute Gasteiger partial charge is 0.477 e. The summed E-state index contributed by atoms with van der Waals surface area (Å²) >= 11 is 0. The zero-order valence-corrected chi connectivity index (χ0v) is 12.5. The zero-order chi connectivity index (χ0) is 19.6. The monoisotopic (exact) mass is 382 g/mol. The highest BCUT2D eigenvalue weighted by atomic mass is 19.4. The van der Waals surface area contributed by atoms with Gasteiger partial charge in [0.1, 0.15) is 17.1 Å². The molecule has 0 aromatic heterocycles. The van der Waals surface area contributed by atoms with Gasteiger partial charge >= 0.3 is 12.1 Å². The molecule has 2 aromatic rings. The number of aromatic carboxylic acids is 1. The van der Waals surface area contributed by atoms with Crippen LogP contribution in [0.5, 0.6) is 11.5 Å². The van der Waals surface area contributed by atoms with Gasteiger partial charge in [-0.3, -0.25) is 0 Å². The van der Waals surface area contributed by atoms with Gasteiger partial charge in [-0.2, -0.15) is 13.2 Å². The third-order valence-electron chi connectivity index (χ3n) is 3.27. The second-order valence-electron chi connectivity index (χ2n) is 5.01. The summed E-state index contributed by atoms with van der Waals surface area (Å²) in [6.07, 6.45) is -10.9. The minimum Gasteiger partial charge on any atom is -0.477 e.